The third-order valence-corrected chi connectivity index (χ3v) is 16.5. The number of para-hydroxylation sites is 3. The monoisotopic (exact) mass is 1220 g/mol. The molecule has 1 aliphatic carbocycles. The molecule has 0 bridgehead atoms. The van der Waals surface area contributed by atoms with E-state index in [1.54, 1.807) is 58.3 Å². The fourth-order valence-electron chi connectivity index (χ4n) is 7.79. The largest absolute Gasteiger partial charge is 0.325 e. The Kier molecular flexibility index (Phi) is 25.1. The van der Waals surface area contributed by atoms with Crippen LogP contribution in [0.4, 0.5) is 21.5 Å². The minimum absolute atomic E-state index is 0. The van der Waals surface area contributed by atoms with Crippen LogP contribution in [0.25, 0.3) is 34.2 Å². The van der Waals surface area contributed by atoms with Gasteiger partial charge in [0.1, 0.15) is 0 Å². The number of nitrogens with zero attached hydrogens (tertiary/aromatic N) is 9. The van der Waals surface area contributed by atoms with E-state index in [2.05, 4.69) is 79.4 Å². The van der Waals surface area contributed by atoms with Crippen LogP contribution in [0.3, 0.4) is 0 Å². The molecule has 10 aromatic rings. The molecule has 2 unspecified atom stereocenters. The predicted octanol–water partition coefficient (Wildman–Crippen LogP) is 16.7. The number of alkyl halides is 1. The maximum absolute atomic E-state index is 14.8. The van der Waals surface area contributed by atoms with Gasteiger partial charge in [0.25, 0.3) is 5.91 Å². The summed E-state index contributed by atoms with van der Waals surface area (Å²) in [4.78, 5) is 36.6. The molecule has 22 heteroatoms. The highest BCUT2D eigenvalue weighted by Gasteiger charge is 2.31. The third-order valence-electron chi connectivity index (χ3n) is 11.6. The first-order valence-corrected chi connectivity index (χ1v) is 32.5. The van der Waals surface area contributed by atoms with Crippen LogP contribution in [0.2, 0.25) is 0 Å². The predicted molar refractivity (Wildman–Crippen MR) is 345 cm³/mol. The summed E-state index contributed by atoms with van der Waals surface area (Å²) < 4.78 is 21.0. The van der Waals surface area contributed by atoms with Gasteiger partial charge in [-0.2, -0.15) is 34.0 Å². The highest BCUT2D eigenvalue weighted by Crippen LogP contribution is 2.41. The maximum atomic E-state index is 14.8. The van der Waals surface area contributed by atoms with E-state index in [4.69, 9.17) is 0 Å². The van der Waals surface area contributed by atoms with Crippen molar-refractivity contribution in [2.45, 2.75) is 100 Å². The quantitative estimate of drug-likeness (QED) is 0.0616. The number of anilines is 3. The second-order valence-corrected chi connectivity index (χ2v) is 22.6. The first-order chi connectivity index (χ1) is 40.2. The van der Waals surface area contributed by atoms with Crippen LogP contribution in [0, 0.1) is 0 Å². The highest BCUT2D eigenvalue weighted by molar-refractivity contribution is 8.00. The van der Waals surface area contributed by atoms with E-state index in [0.29, 0.717) is 34.2 Å². The van der Waals surface area contributed by atoms with Crippen molar-refractivity contribution in [2.24, 2.45) is 0 Å². The van der Waals surface area contributed by atoms with Crippen molar-refractivity contribution >= 4 is 104 Å². The van der Waals surface area contributed by atoms with Crippen LogP contribution >= 0.6 is 69.3 Å². The van der Waals surface area contributed by atoms with Gasteiger partial charge in [0, 0.05) is 66.8 Å². The van der Waals surface area contributed by atoms with E-state index < -0.39 is 11.4 Å². The van der Waals surface area contributed by atoms with Gasteiger partial charge in [0.15, 0.2) is 32.9 Å². The molecule has 6 heterocycles. The summed E-state index contributed by atoms with van der Waals surface area (Å²) >= 11 is 8.45. The van der Waals surface area contributed by atoms with E-state index in [0.717, 1.165) is 93.2 Å². The van der Waals surface area contributed by atoms with E-state index in [9.17, 15) is 18.8 Å². The Labute approximate surface area is 507 Å². The van der Waals surface area contributed by atoms with Crippen LogP contribution in [0.1, 0.15) is 82.7 Å². The van der Waals surface area contributed by atoms with Gasteiger partial charge in [-0.15, -0.1) is 30.6 Å². The number of rotatable bonds is 20. The molecular formula is C60H71FN12O3S6. The van der Waals surface area contributed by atoms with Gasteiger partial charge in [-0.3, -0.25) is 23.5 Å². The molecule has 1 saturated carbocycles. The number of aromatic nitrogens is 9. The average Bonchev–Trinajstić information content (AvgIpc) is 4.50. The number of nitrogens with one attached hydrogen (secondary N) is 3. The number of amides is 3. The lowest BCUT2D eigenvalue weighted by molar-refractivity contribution is -0.118. The van der Waals surface area contributed by atoms with Crippen molar-refractivity contribution in [1.29, 1.82) is 0 Å². The molecule has 11 rings (SSSR count). The third kappa shape index (κ3) is 17.9. The first-order valence-electron chi connectivity index (χ1n) is 26.8. The van der Waals surface area contributed by atoms with Crippen LogP contribution in [-0.4, -0.2) is 79.0 Å². The molecule has 4 aromatic carbocycles. The maximum Gasteiger partial charge on any atom is 0.269 e. The standard InChI is InChI=1S/C22H19FN4OS2.C17H16N4OS2.C17H18N4OS2.2C2H6.3H2/c1-15(16-8-4-2-5-9-16)27-20(17-12-13-29-14-17)25-26-22(27)30-19(23)21(28)24-18-10-6-3-7-11-18;22-15(18-13-4-2-1-3-5-13)11-24-17-20-19-16(12-8-9-23-10-12)21(17)14-6-7-14;1-2-9-21-16(13-8-10-23-11-13)19-20-17(21)24-12-15(22)18-14-6-4-3-5-7-14;2*1-2;;;/h2-15,19H,1H3,(H,24,28);1-5,8-10,14H,6-7,11H2,(H,18,22);3-8,10-11H,2,9,12H2,1H3,(H,18,22);2*1-2H3;3*1H. The van der Waals surface area contributed by atoms with Gasteiger partial charge in [-0.1, -0.05) is 143 Å². The van der Waals surface area contributed by atoms with Crippen molar-refractivity contribution in [3.8, 4) is 34.2 Å². The Hall–Kier alpha value is -7.21. The highest BCUT2D eigenvalue weighted by atomic mass is 32.2. The molecule has 0 aliphatic heterocycles. The van der Waals surface area contributed by atoms with Crippen molar-refractivity contribution < 1.29 is 23.1 Å². The van der Waals surface area contributed by atoms with Crippen molar-refractivity contribution in [1.82, 2.24) is 44.3 Å². The lowest BCUT2D eigenvalue weighted by Gasteiger charge is -2.19. The van der Waals surface area contributed by atoms with Crippen molar-refractivity contribution in [2.75, 3.05) is 27.5 Å². The number of thioether (sulfide) groups is 3. The molecule has 3 amide bonds. The normalized spacial score (nSPS) is 12.1. The molecular weight excluding hydrogens is 1150 g/mol. The Bertz CT molecular complexity index is 3450. The molecule has 6 aromatic heterocycles. The number of carbonyl (C=O) groups is 3. The van der Waals surface area contributed by atoms with Gasteiger partial charge in [0.2, 0.25) is 17.3 Å². The molecule has 432 valence electrons. The molecule has 1 fully saturated rings. The van der Waals surface area contributed by atoms with E-state index >= 15 is 0 Å². The smallest absolute Gasteiger partial charge is 0.269 e. The van der Waals surface area contributed by atoms with Gasteiger partial charge in [-0.25, -0.2) is 4.39 Å². The van der Waals surface area contributed by atoms with E-state index in [1.165, 1.54) is 23.5 Å². The summed E-state index contributed by atoms with van der Waals surface area (Å²) in [6, 6.07) is 44.0. The number of carbonyl (C=O) groups excluding carboxylic acids is 3. The van der Waals surface area contributed by atoms with Crippen LogP contribution in [0.5, 0.6) is 0 Å². The van der Waals surface area contributed by atoms with Crippen LogP contribution in [0.15, 0.2) is 187 Å². The molecule has 1 aliphatic rings. The lowest BCUT2D eigenvalue weighted by Crippen LogP contribution is -2.22. The Morgan fingerprint density at radius 3 is 1.49 bits per heavy atom. The van der Waals surface area contributed by atoms with Gasteiger partial charge < -0.3 is 20.5 Å². The summed E-state index contributed by atoms with van der Waals surface area (Å²) in [7, 11) is 0. The van der Waals surface area contributed by atoms with Crippen molar-refractivity contribution in [3.05, 3.63) is 177 Å². The zero-order chi connectivity index (χ0) is 58.1. The zero-order valence-electron chi connectivity index (χ0n) is 46.3. The summed E-state index contributed by atoms with van der Waals surface area (Å²) in [6.45, 7) is 13.0. The molecule has 15 nitrogen and oxygen atoms in total. The Morgan fingerprint density at radius 2 is 1.00 bits per heavy atom. The Balaban J connectivity index is 0.000000263. The number of halogens is 1. The first kappa shape index (κ1) is 62.4. The summed E-state index contributed by atoms with van der Waals surface area (Å²) in [6.07, 6.45) is 3.29. The molecule has 0 spiro atoms. The number of hydrogen-bond acceptors (Lipinski definition) is 15. The average molecular weight is 1220 g/mol. The SMILES string of the molecule is CC.CC.CC(c1ccccc1)n1c(SC(F)C(=O)Nc2ccccc2)nnc1-c1ccsc1.CCCn1c(SCC(=O)Nc2ccccc2)nnc1-c1ccsc1.O=C(CSc1nnc(-c2ccsc2)n1C1CC1)Nc1ccccc1.[HH].[HH].[HH]. The Morgan fingerprint density at radius 1 is 0.573 bits per heavy atom. The fourth-order valence-corrected chi connectivity index (χ4v) is 12.1. The van der Waals surface area contributed by atoms with E-state index in [1.807, 2.05) is 170 Å². The second-order valence-electron chi connectivity index (χ2n) is 17.4. The minimum Gasteiger partial charge on any atom is -0.325 e. The van der Waals surface area contributed by atoms with Crippen molar-refractivity contribution in [3.63, 3.8) is 0 Å². The van der Waals surface area contributed by atoms with Gasteiger partial charge >= 0.3 is 0 Å². The zero-order valence-corrected chi connectivity index (χ0v) is 51.2. The number of benzene rings is 4. The van der Waals surface area contributed by atoms with Crippen LogP contribution < -0.4 is 16.0 Å². The van der Waals surface area contributed by atoms with Gasteiger partial charge in [0.05, 0.1) is 17.5 Å². The lowest BCUT2D eigenvalue weighted by atomic mass is 10.1. The number of hydrogen-bond donors (Lipinski definition) is 3. The summed E-state index contributed by atoms with van der Waals surface area (Å²) in [5, 5.41) is 48.2. The molecule has 2 atom stereocenters. The fraction of sp³-hybridized carbons (Fsp3) is 0.250. The summed E-state index contributed by atoms with van der Waals surface area (Å²) in [5.74, 6) is 2.23. The molecule has 0 radical (unpaired) electrons. The second kappa shape index (κ2) is 33.0. The van der Waals surface area contributed by atoms with Crippen LogP contribution in [-0.2, 0) is 20.9 Å². The number of thiophene rings is 3. The molecule has 0 saturated heterocycles. The molecule has 3 N–H and O–H groups in total. The minimum atomic E-state index is -1.83. The molecule has 82 heavy (non-hydrogen) atoms. The van der Waals surface area contributed by atoms with E-state index in [-0.39, 0.29) is 22.1 Å². The van der Waals surface area contributed by atoms with Gasteiger partial charge in [-0.05, 0) is 114 Å². The topological polar surface area (TPSA) is 179 Å². The summed E-state index contributed by atoms with van der Waals surface area (Å²) in [5.41, 5.74) is 4.45.